The van der Waals surface area contributed by atoms with Gasteiger partial charge in [0.2, 0.25) is 0 Å². The number of rotatable bonds is 7. The molecule has 0 aliphatic carbocycles. The minimum atomic E-state index is -0.974. The van der Waals surface area contributed by atoms with Crippen LogP contribution in [0, 0.1) is 0 Å². The lowest BCUT2D eigenvalue weighted by molar-refractivity contribution is -0.145. The van der Waals surface area contributed by atoms with Gasteiger partial charge in [0, 0.05) is 0 Å². The second-order valence-electron chi connectivity index (χ2n) is 4.07. The first-order valence-corrected chi connectivity index (χ1v) is 6.30. The molecule has 1 atom stereocenters. The molecule has 0 fully saturated rings. The van der Waals surface area contributed by atoms with Gasteiger partial charge in [-0.25, -0.2) is 4.79 Å². The SMILES string of the molecule is CCN[C@@H](Cc1cccc(C(=O)O)c1)C(=O)OCC. The van der Waals surface area contributed by atoms with E-state index < -0.39 is 12.0 Å². The highest BCUT2D eigenvalue weighted by molar-refractivity contribution is 5.87. The van der Waals surface area contributed by atoms with E-state index in [1.54, 1.807) is 25.1 Å². The predicted octanol–water partition coefficient (Wildman–Crippen LogP) is 1.47. The van der Waals surface area contributed by atoms with Crippen LogP contribution in [0.3, 0.4) is 0 Å². The molecule has 1 rings (SSSR count). The Kier molecular flexibility index (Phi) is 6.02. The molecule has 104 valence electrons. The van der Waals surface area contributed by atoms with Crippen molar-refractivity contribution in [2.45, 2.75) is 26.3 Å². The molecule has 0 spiro atoms. The number of benzene rings is 1. The van der Waals surface area contributed by atoms with Gasteiger partial charge in [0.1, 0.15) is 6.04 Å². The summed E-state index contributed by atoms with van der Waals surface area (Å²) in [6, 6.07) is 6.13. The van der Waals surface area contributed by atoms with Gasteiger partial charge >= 0.3 is 11.9 Å². The van der Waals surface area contributed by atoms with Gasteiger partial charge < -0.3 is 15.2 Å². The highest BCUT2D eigenvalue weighted by atomic mass is 16.5. The molecule has 0 saturated heterocycles. The second-order valence-corrected chi connectivity index (χ2v) is 4.07. The van der Waals surface area contributed by atoms with Crippen LogP contribution in [0.25, 0.3) is 0 Å². The van der Waals surface area contributed by atoms with Gasteiger partial charge in [0.05, 0.1) is 12.2 Å². The number of hydrogen-bond acceptors (Lipinski definition) is 4. The van der Waals surface area contributed by atoms with Gasteiger partial charge in [-0.3, -0.25) is 4.79 Å². The van der Waals surface area contributed by atoms with Crippen LogP contribution in [0.4, 0.5) is 0 Å². The Morgan fingerprint density at radius 1 is 1.37 bits per heavy atom. The first kappa shape index (κ1) is 15.2. The van der Waals surface area contributed by atoms with Crippen molar-refractivity contribution >= 4 is 11.9 Å². The number of hydrogen-bond donors (Lipinski definition) is 2. The van der Waals surface area contributed by atoms with E-state index in [1.165, 1.54) is 6.07 Å². The lowest BCUT2D eigenvalue weighted by Crippen LogP contribution is -2.39. The molecule has 0 aliphatic heterocycles. The van der Waals surface area contributed by atoms with Gasteiger partial charge in [-0.1, -0.05) is 19.1 Å². The van der Waals surface area contributed by atoms with Crippen molar-refractivity contribution in [2.75, 3.05) is 13.2 Å². The first-order chi connectivity index (χ1) is 9.08. The average Bonchev–Trinajstić information content (AvgIpc) is 2.39. The summed E-state index contributed by atoms with van der Waals surface area (Å²) in [6.07, 6.45) is 0.411. The summed E-state index contributed by atoms with van der Waals surface area (Å²) in [7, 11) is 0. The number of carboxylic acid groups (broad SMARTS) is 1. The quantitative estimate of drug-likeness (QED) is 0.730. The molecule has 5 nitrogen and oxygen atoms in total. The largest absolute Gasteiger partial charge is 0.478 e. The predicted molar refractivity (Wildman–Crippen MR) is 71.2 cm³/mol. The number of carbonyl (C=O) groups is 2. The Labute approximate surface area is 112 Å². The van der Waals surface area contributed by atoms with Crippen LogP contribution < -0.4 is 5.32 Å². The lowest BCUT2D eigenvalue weighted by Gasteiger charge is -2.16. The smallest absolute Gasteiger partial charge is 0.335 e. The zero-order chi connectivity index (χ0) is 14.3. The zero-order valence-corrected chi connectivity index (χ0v) is 11.2. The van der Waals surface area contributed by atoms with Gasteiger partial charge in [-0.15, -0.1) is 0 Å². The molecule has 0 heterocycles. The van der Waals surface area contributed by atoms with E-state index >= 15 is 0 Å². The number of ether oxygens (including phenoxy) is 1. The number of nitrogens with one attached hydrogen (secondary N) is 1. The first-order valence-electron chi connectivity index (χ1n) is 6.30. The van der Waals surface area contributed by atoms with Gasteiger partial charge in [-0.05, 0) is 37.6 Å². The third kappa shape index (κ3) is 4.71. The Morgan fingerprint density at radius 2 is 2.11 bits per heavy atom. The van der Waals surface area contributed by atoms with Crippen LogP contribution >= 0.6 is 0 Å². The Balaban J connectivity index is 2.81. The van der Waals surface area contributed by atoms with E-state index in [2.05, 4.69) is 5.32 Å². The molecule has 0 aliphatic rings. The van der Waals surface area contributed by atoms with Crippen molar-refractivity contribution in [1.29, 1.82) is 0 Å². The van der Waals surface area contributed by atoms with E-state index in [9.17, 15) is 9.59 Å². The van der Waals surface area contributed by atoms with Crippen molar-refractivity contribution in [3.8, 4) is 0 Å². The van der Waals surface area contributed by atoms with Crippen LogP contribution in [0.15, 0.2) is 24.3 Å². The molecule has 2 N–H and O–H groups in total. The number of carbonyl (C=O) groups excluding carboxylic acids is 1. The fraction of sp³-hybridized carbons (Fsp3) is 0.429. The number of carboxylic acids is 1. The van der Waals surface area contributed by atoms with Crippen molar-refractivity contribution in [3.63, 3.8) is 0 Å². The van der Waals surface area contributed by atoms with Crippen molar-refractivity contribution in [2.24, 2.45) is 0 Å². The molecule has 0 amide bonds. The average molecular weight is 265 g/mol. The van der Waals surface area contributed by atoms with Gasteiger partial charge in [0.15, 0.2) is 0 Å². The summed E-state index contributed by atoms with van der Waals surface area (Å²) in [5, 5.41) is 12.0. The molecular weight excluding hydrogens is 246 g/mol. The van der Waals surface area contributed by atoms with E-state index in [1.807, 2.05) is 6.92 Å². The van der Waals surface area contributed by atoms with E-state index in [0.29, 0.717) is 19.6 Å². The standard InChI is InChI=1S/C14H19NO4/c1-3-15-12(14(18)19-4-2)9-10-6-5-7-11(8-10)13(16)17/h5-8,12,15H,3-4,9H2,1-2H3,(H,16,17)/t12-/m0/s1. The van der Waals surface area contributed by atoms with Crippen LogP contribution in [0.2, 0.25) is 0 Å². The van der Waals surface area contributed by atoms with Crippen molar-refractivity contribution < 1.29 is 19.4 Å². The minimum Gasteiger partial charge on any atom is -0.478 e. The minimum absolute atomic E-state index is 0.219. The summed E-state index contributed by atoms with van der Waals surface area (Å²) in [6.45, 7) is 4.63. The molecule has 0 radical (unpaired) electrons. The molecule has 0 bridgehead atoms. The normalized spacial score (nSPS) is 11.9. The summed E-state index contributed by atoms with van der Waals surface area (Å²) in [5.41, 5.74) is 1.01. The zero-order valence-electron chi connectivity index (χ0n) is 11.2. The highest BCUT2D eigenvalue weighted by Gasteiger charge is 2.19. The lowest BCUT2D eigenvalue weighted by atomic mass is 10.0. The Morgan fingerprint density at radius 3 is 2.68 bits per heavy atom. The Bertz CT molecular complexity index is 445. The highest BCUT2D eigenvalue weighted by Crippen LogP contribution is 2.09. The second kappa shape index (κ2) is 7.53. The van der Waals surface area contributed by atoms with Crippen LogP contribution in [-0.2, 0) is 16.0 Å². The molecule has 0 saturated carbocycles. The third-order valence-electron chi connectivity index (χ3n) is 2.64. The molecule has 1 aromatic carbocycles. The maximum Gasteiger partial charge on any atom is 0.335 e. The molecule has 0 aromatic heterocycles. The van der Waals surface area contributed by atoms with E-state index in [4.69, 9.17) is 9.84 Å². The van der Waals surface area contributed by atoms with Gasteiger partial charge in [0.25, 0.3) is 0 Å². The van der Waals surface area contributed by atoms with Crippen LogP contribution in [-0.4, -0.2) is 36.2 Å². The summed E-state index contributed by atoms with van der Waals surface area (Å²) in [5.74, 6) is -1.29. The number of aromatic carboxylic acids is 1. The molecule has 19 heavy (non-hydrogen) atoms. The Hall–Kier alpha value is -1.88. The molecular formula is C14H19NO4. The maximum absolute atomic E-state index is 11.8. The molecule has 5 heteroatoms. The topological polar surface area (TPSA) is 75.6 Å². The maximum atomic E-state index is 11.8. The van der Waals surface area contributed by atoms with E-state index in [0.717, 1.165) is 5.56 Å². The van der Waals surface area contributed by atoms with Gasteiger partial charge in [-0.2, -0.15) is 0 Å². The number of likely N-dealkylation sites (N-methyl/N-ethyl adjacent to an activating group) is 1. The fourth-order valence-electron chi connectivity index (χ4n) is 1.80. The monoisotopic (exact) mass is 265 g/mol. The molecule has 1 aromatic rings. The summed E-state index contributed by atoms with van der Waals surface area (Å²) in [4.78, 5) is 22.6. The summed E-state index contributed by atoms with van der Waals surface area (Å²) < 4.78 is 4.99. The molecule has 0 unspecified atom stereocenters. The van der Waals surface area contributed by atoms with Crippen molar-refractivity contribution in [1.82, 2.24) is 5.32 Å². The third-order valence-corrected chi connectivity index (χ3v) is 2.64. The summed E-state index contributed by atoms with van der Waals surface area (Å²) >= 11 is 0. The van der Waals surface area contributed by atoms with E-state index in [-0.39, 0.29) is 11.5 Å². The van der Waals surface area contributed by atoms with Crippen LogP contribution in [0.1, 0.15) is 29.8 Å². The van der Waals surface area contributed by atoms with Crippen LogP contribution in [0.5, 0.6) is 0 Å². The number of esters is 1. The fourth-order valence-corrected chi connectivity index (χ4v) is 1.80. The van der Waals surface area contributed by atoms with Crippen molar-refractivity contribution in [3.05, 3.63) is 35.4 Å².